The van der Waals surface area contributed by atoms with Crippen molar-refractivity contribution in [2.75, 3.05) is 0 Å². The van der Waals surface area contributed by atoms with Crippen LogP contribution < -0.4 is 5.46 Å². The fourth-order valence-electron chi connectivity index (χ4n) is 4.26. The smallest absolute Gasteiger partial charge is 0.399 e. The van der Waals surface area contributed by atoms with Gasteiger partial charge >= 0.3 is 7.12 Å². The molecule has 2 aliphatic rings. The van der Waals surface area contributed by atoms with E-state index in [1.54, 1.807) is 11.3 Å². The lowest BCUT2D eigenvalue weighted by molar-refractivity contribution is 0.00578. The first-order chi connectivity index (χ1) is 15.0. The maximum Gasteiger partial charge on any atom is 0.494 e. The minimum atomic E-state index is -0.372. The van der Waals surface area contributed by atoms with Gasteiger partial charge in [0.25, 0.3) is 0 Å². The zero-order valence-electron chi connectivity index (χ0n) is 20.0. The molecule has 1 atom stereocenters. The first-order valence-corrected chi connectivity index (χ1v) is 11.9. The number of fused-ring (bicyclic) bond motifs is 3. The Morgan fingerprint density at radius 1 is 0.969 bits per heavy atom. The molecule has 8 heteroatoms. The van der Waals surface area contributed by atoms with Crippen molar-refractivity contribution in [1.82, 2.24) is 14.8 Å². The molecule has 32 heavy (non-hydrogen) atoms. The van der Waals surface area contributed by atoms with E-state index in [1.165, 1.54) is 16.0 Å². The molecular weight excluding hydrogens is 419 g/mol. The molecule has 0 N–H and O–H groups in total. The Hall–Kier alpha value is -2.29. The van der Waals surface area contributed by atoms with E-state index in [2.05, 4.69) is 87.5 Å². The lowest BCUT2D eigenvalue weighted by Crippen LogP contribution is -2.41. The van der Waals surface area contributed by atoms with Crippen LogP contribution in [0.1, 0.15) is 73.9 Å². The lowest BCUT2D eigenvalue weighted by atomic mass is 9.78. The summed E-state index contributed by atoms with van der Waals surface area (Å²) in [6.45, 7) is 16.7. The molecule has 0 unspecified atom stereocenters. The molecule has 0 bridgehead atoms. The predicted molar refractivity (Wildman–Crippen MR) is 130 cm³/mol. The van der Waals surface area contributed by atoms with Crippen LogP contribution in [-0.4, -0.2) is 38.8 Å². The van der Waals surface area contributed by atoms with Crippen molar-refractivity contribution in [3.05, 3.63) is 57.5 Å². The zero-order valence-corrected chi connectivity index (χ0v) is 20.8. The van der Waals surface area contributed by atoms with Crippen LogP contribution in [0.25, 0.3) is 5.00 Å². The van der Waals surface area contributed by atoms with Gasteiger partial charge in [0, 0.05) is 16.0 Å². The highest BCUT2D eigenvalue weighted by Crippen LogP contribution is 2.39. The third kappa shape index (κ3) is 3.11. The first-order valence-electron chi connectivity index (χ1n) is 11.1. The Bertz CT molecular complexity index is 1220. The van der Waals surface area contributed by atoms with E-state index in [0.29, 0.717) is 0 Å². The molecule has 0 radical (unpaired) electrons. The molecule has 5 rings (SSSR count). The Morgan fingerprint density at radius 2 is 1.59 bits per heavy atom. The molecule has 1 saturated heterocycles. The van der Waals surface area contributed by atoms with Gasteiger partial charge < -0.3 is 9.31 Å². The summed E-state index contributed by atoms with van der Waals surface area (Å²) >= 11 is 1.78. The van der Waals surface area contributed by atoms with Crippen molar-refractivity contribution in [1.29, 1.82) is 0 Å². The van der Waals surface area contributed by atoms with Crippen molar-refractivity contribution in [2.45, 2.75) is 72.6 Å². The van der Waals surface area contributed by atoms with E-state index in [9.17, 15) is 0 Å². The predicted octanol–water partition coefficient (Wildman–Crippen LogP) is 4.47. The van der Waals surface area contributed by atoms with Crippen LogP contribution >= 0.6 is 11.3 Å². The topological polar surface area (TPSA) is 61.5 Å². The molecule has 2 aliphatic heterocycles. The molecule has 2 aromatic heterocycles. The SMILES string of the molecule is Cc1sc2c(c1C)C(c1ccc(B3OC(C)(C)C(C)(C)O3)cc1)=N[C@@H](C)c1nnc(C)n1-2. The summed E-state index contributed by atoms with van der Waals surface area (Å²) in [5.41, 5.74) is 4.81. The number of aryl methyl sites for hydroxylation is 2. The lowest BCUT2D eigenvalue weighted by Gasteiger charge is -2.32. The normalized spacial score (nSPS) is 21.2. The van der Waals surface area contributed by atoms with Gasteiger partial charge in [-0.2, -0.15) is 0 Å². The molecule has 0 saturated carbocycles. The van der Waals surface area contributed by atoms with Gasteiger partial charge in [-0.25, -0.2) is 0 Å². The zero-order chi connectivity index (χ0) is 23.0. The van der Waals surface area contributed by atoms with Crippen LogP contribution in [0.5, 0.6) is 0 Å². The molecule has 3 aromatic rings. The summed E-state index contributed by atoms with van der Waals surface area (Å²) in [5.74, 6) is 1.77. The summed E-state index contributed by atoms with van der Waals surface area (Å²) in [6, 6.07) is 8.35. The molecule has 4 heterocycles. The number of aliphatic imine (C=N–C) groups is 1. The van der Waals surface area contributed by atoms with Crippen molar-refractivity contribution < 1.29 is 9.31 Å². The van der Waals surface area contributed by atoms with Crippen molar-refractivity contribution in [2.24, 2.45) is 4.99 Å². The number of hydrogen-bond donors (Lipinski definition) is 0. The fraction of sp³-hybridized carbons (Fsp3) is 0.458. The summed E-state index contributed by atoms with van der Waals surface area (Å²) in [7, 11) is -0.372. The molecule has 1 aromatic carbocycles. The van der Waals surface area contributed by atoms with E-state index in [-0.39, 0.29) is 24.4 Å². The van der Waals surface area contributed by atoms with Crippen molar-refractivity contribution in [3.63, 3.8) is 0 Å². The van der Waals surface area contributed by atoms with Gasteiger partial charge in [-0.15, -0.1) is 21.5 Å². The molecule has 0 amide bonds. The Kier molecular flexibility index (Phi) is 4.79. The van der Waals surface area contributed by atoms with Crippen LogP contribution in [0.2, 0.25) is 0 Å². The van der Waals surface area contributed by atoms with Gasteiger partial charge in [0.05, 0.1) is 16.9 Å². The van der Waals surface area contributed by atoms with E-state index < -0.39 is 0 Å². The summed E-state index contributed by atoms with van der Waals surface area (Å²) in [5, 5.41) is 9.91. The second kappa shape index (κ2) is 7.11. The van der Waals surface area contributed by atoms with Gasteiger partial charge in [0.15, 0.2) is 5.82 Å². The van der Waals surface area contributed by atoms with Crippen LogP contribution in [0.3, 0.4) is 0 Å². The highest BCUT2D eigenvalue weighted by Gasteiger charge is 2.51. The molecular formula is C24H29BN4O2S. The molecule has 6 nitrogen and oxygen atoms in total. The number of nitrogens with zero attached hydrogens (tertiary/aromatic N) is 4. The van der Waals surface area contributed by atoms with Crippen LogP contribution in [0.15, 0.2) is 29.3 Å². The molecule has 0 spiro atoms. The van der Waals surface area contributed by atoms with Crippen LogP contribution in [-0.2, 0) is 9.31 Å². The van der Waals surface area contributed by atoms with Gasteiger partial charge in [-0.1, -0.05) is 24.3 Å². The number of aromatic nitrogens is 3. The maximum absolute atomic E-state index is 6.23. The van der Waals surface area contributed by atoms with Gasteiger partial charge in [-0.3, -0.25) is 9.56 Å². The highest BCUT2D eigenvalue weighted by molar-refractivity contribution is 7.15. The molecule has 0 aliphatic carbocycles. The summed E-state index contributed by atoms with van der Waals surface area (Å²) in [4.78, 5) is 6.41. The van der Waals surface area contributed by atoms with Gasteiger partial charge in [-0.05, 0) is 66.4 Å². The fourth-order valence-corrected chi connectivity index (χ4v) is 5.47. The van der Waals surface area contributed by atoms with Crippen molar-refractivity contribution >= 4 is 29.6 Å². The standard InChI is InChI=1S/C24H29BN4O2S/c1-13-15(3)32-22-19(13)20(26-14(2)21-28-27-16(4)29(21)22)17-9-11-18(12-10-17)25-30-23(5,6)24(7,8)31-25/h9-12,14H,1-8H3/t14-/m0/s1. The van der Waals surface area contributed by atoms with E-state index >= 15 is 0 Å². The maximum atomic E-state index is 6.23. The van der Waals surface area contributed by atoms with Crippen LogP contribution in [0.4, 0.5) is 0 Å². The number of rotatable bonds is 2. The number of thiophene rings is 1. The van der Waals surface area contributed by atoms with Gasteiger partial charge in [0.1, 0.15) is 16.9 Å². The monoisotopic (exact) mass is 448 g/mol. The second-order valence-corrected chi connectivity index (χ2v) is 11.0. The third-order valence-corrected chi connectivity index (χ3v) is 8.25. The van der Waals surface area contributed by atoms with E-state index in [1.807, 2.05) is 6.92 Å². The van der Waals surface area contributed by atoms with E-state index in [0.717, 1.165) is 33.4 Å². The van der Waals surface area contributed by atoms with Crippen molar-refractivity contribution in [3.8, 4) is 5.00 Å². The largest absolute Gasteiger partial charge is 0.494 e. The summed E-state index contributed by atoms with van der Waals surface area (Å²) < 4.78 is 14.6. The molecule has 166 valence electrons. The Morgan fingerprint density at radius 3 is 2.22 bits per heavy atom. The third-order valence-electron chi connectivity index (χ3n) is 7.06. The summed E-state index contributed by atoms with van der Waals surface area (Å²) in [6.07, 6.45) is 0. The second-order valence-electron chi connectivity index (χ2n) is 9.77. The van der Waals surface area contributed by atoms with Crippen LogP contribution in [0, 0.1) is 20.8 Å². The number of hydrogen-bond acceptors (Lipinski definition) is 6. The average Bonchev–Trinajstić information content (AvgIpc) is 3.28. The Labute approximate surface area is 193 Å². The minimum absolute atomic E-state index is 0.0896. The number of benzene rings is 1. The average molecular weight is 448 g/mol. The molecule has 1 fully saturated rings. The first kappa shape index (κ1) is 21.6. The van der Waals surface area contributed by atoms with Gasteiger partial charge in [0.2, 0.25) is 0 Å². The minimum Gasteiger partial charge on any atom is -0.399 e. The quantitative estimate of drug-likeness (QED) is 0.543. The van der Waals surface area contributed by atoms with E-state index in [4.69, 9.17) is 14.3 Å². The Balaban J connectivity index is 1.57. The highest BCUT2D eigenvalue weighted by atomic mass is 32.1.